The van der Waals surface area contributed by atoms with E-state index in [0.717, 1.165) is 29.9 Å². The minimum Gasteiger partial charge on any atom is -0.490 e. The second-order valence-corrected chi connectivity index (χ2v) is 7.19. The fourth-order valence-electron chi connectivity index (χ4n) is 3.34. The van der Waals surface area contributed by atoms with Gasteiger partial charge in [0.15, 0.2) is 11.6 Å². The number of amides is 1. The van der Waals surface area contributed by atoms with Crippen molar-refractivity contribution in [3.63, 3.8) is 0 Å². The first-order valence-electron chi connectivity index (χ1n) is 9.86. The van der Waals surface area contributed by atoms with Crippen molar-refractivity contribution in [2.75, 3.05) is 35.7 Å². The lowest BCUT2D eigenvalue weighted by atomic mass is 10.1. The zero-order valence-electron chi connectivity index (χ0n) is 17.1. The number of carbonyl (C=O) groups is 1. The van der Waals surface area contributed by atoms with Crippen LogP contribution in [0.3, 0.4) is 0 Å². The van der Waals surface area contributed by atoms with Gasteiger partial charge in [-0.25, -0.2) is 9.37 Å². The number of rotatable bonds is 6. The van der Waals surface area contributed by atoms with E-state index in [2.05, 4.69) is 37.4 Å². The van der Waals surface area contributed by atoms with Crippen molar-refractivity contribution in [2.24, 2.45) is 0 Å². The Balaban J connectivity index is 1.46. The van der Waals surface area contributed by atoms with Crippen molar-refractivity contribution in [1.82, 2.24) is 15.3 Å². The number of hydrogen-bond donors (Lipinski definition) is 3. The summed E-state index contributed by atoms with van der Waals surface area (Å²) in [6.45, 7) is 4.89. The van der Waals surface area contributed by atoms with E-state index >= 15 is 0 Å². The topological polar surface area (TPSA) is 91.4 Å². The van der Waals surface area contributed by atoms with E-state index in [4.69, 9.17) is 4.74 Å². The zero-order valence-corrected chi connectivity index (χ0v) is 17.1. The summed E-state index contributed by atoms with van der Waals surface area (Å²) in [7, 11) is 2.00. The summed E-state index contributed by atoms with van der Waals surface area (Å²) in [6, 6.07) is 5.45. The molecular formula is C22H23FN6O2. The Morgan fingerprint density at radius 3 is 3.13 bits per heavy atom. The Bertz CT molecular complexity index is 1070. The molecule has 31 heavy (non-hydrogen) atoms. The number of nitrogens with zero attached hydrogens (tertiary/aromatic N) is 3. The van der Waals surface area contributed by atoms with Crippen molar-refractivity contribution in [3.05, 3.63) is 66.8 Å². The Morgan fingerprint density at radius 1 is 1.42 bits per heavy atom. The minimum absolute atomic E-state index is 0.0712. The van der Waals surface area contributed by atoms with Gasteiger partial charge in [-0.1, -0.05) is 18.7 Å². The van der Waals surface area contributed by atoms with Crippen molar-refractivity contribution in [3.8, 4) is 5.75 Å². The van der Waals surface area contributed by atoms with E-state index < -0.39 is 5.82 Å². The SMILES string of the molecule is C=CC(=O)NC1=CC=CC(Nc2nc(Nc3ccc4c(c3)N(C)CCO4)ncc2F)C1. The molecule has 2 aromatic rings. The van der Waals surface area contributed by atoms with Crippen LogP contribution >= 0.6 is 0 Å². The molecule has 1 aromatic heterocycles. The first kappa shape index (κ1) is 20.4. The number of likely N-dealkylation sites (N-methyl/N-ethyl adjacent to an activating group) is 1. The van der Waals surface area contributed by atoms with Gasteiger partial charge in [0.1, 0.15) is 12.4 Å². The lowest BCUT2D eigenvalue weighted by molar-refractivity contribution is -0.115. The fourth-order valence-corrected chi connectivity index (χ4v) is 3.34. The Labute approximate surface area is 179 Å². The molecule has 9 heteroatoms. The van der Waals surface area contributed by atoms with Gasteiger partial charge in [-0.2, -0.15) is 4.98 Å². The molecule has 3 N–H and O–H groups in total. The van der Waals surface area contributed by atoms with Gasteiger partial charge >= 0.3 is 0 Å². The number of nitrogens with one attached hydrogen (secondary N) is 3. The number of ether oxygens (including phenoxy) is 1. The zero-order chi connectivity index (χ0) is 21.8. The second-order valence-electron chi connectivity index (χ2n) is 7.19. The van der Waals surface area contributed by atoms with E-state index in [9.17, 15) is 9.18 Å². The maximum absolute atomic E-state index is 14.3. The van der Waals surface area contributed by atoms with Crippen LogP contribution in [0.5, 0.6) is 5.75 Å². The van der Waals surface area contributed by atoms with Crippen LogP contribution in [0.1, 0.15) is 6.42 Å². The quantitative estimate of drug-likeness (QED) is 0.616. The standard InChI is InChI=1S/C22H23FN6O2/c1-3-20(30)25-14-5-4-6-15(11-14)26-21-17(23)13-24-22(28-21)27-16-7-8-19-18(12-16)29(2)9-10-31-19/h3-8,12-13,15H,1,9-11H2,2H3,(H,25,30)(H2,24,26,27,28). The maximum atomic E-state index is 14.3. The molecule has 0 radical (unpaired) electrons. The Kier molecular flexibility index (Phi) is 5.83. The highest BCUT2D eigenvalue weighted by Crippen LogP contribution is 2.34. The number of allylic oxidation sites excluding steroid dienone is 2. The molecule has 1 amide bonds. The molecule has 1 aromatic carbocycles. The van der Waals surface area contributed by atoms with Gasteiger partial charge in [-0.15, -0.1) is 0 Å². The number of anilines is 4. The highest BCUT2D eigenvalue weighted by atomic mass is 19.1. The number of benzene rings is 1. The van der Waals surface area contributed by atoms with Gasteiger partial charge in [0.2, 0.25) is 11.9 Å². The molecular weight excluding hydrogens is 399 g/mol. The van der Waals surface area contributed by atoms with E-state index in [1.54, 1.807) is 12.2 Å². The van der Waals surface area contributed by atoms with Gasteiger partial charge < -0.3 is 25.6 Å². The van der Waals surface area contributed by atoms with Crippen LogP contribution in [-0.2, 0) is 4.79 Å². The molecule has 4 rings (SSSR count). The lowest BCUT2D eigenvalue weighted by Gasteiger charge is -2.28. The predicted molar refractivity (Wildman–Crippen MR) is 118 cm³/mol. The number of fused-ring (bicyclic) bond motifs is 1. The van der Waals surface area contributed by atoms with Gasteiger partial charge in [-0.3, -0.25) is 4.79 Å². The highest BCUT2D eigenvalue weighted by Gasteiger charge is 2.18. The van der Waals surface area contributed by atoms with E-state index in [1.807, 2.05) is 31.3 Å². The summed E-state index contributed by atoms with van der Waals surface area (Å²) in [4.78, 5) is 21.9. The minimum atomic E-state index is -0.566. The smallest absolute Gasteiger partial charge is 0.247 e. The van der Waals surface area contributed by atoms with Crippen molar-refractivity contribution < 1.29 is 13.9 Å². The molecule has 8 nitrogen and oxygen atoms in total. The third-order valence-corrected chi connectivity index (χ3v) is 4.93. The molecule has 1 aliphatic carbocycles. The van der Waals surface area contributed by atoms with E-state index in [1.165, 1.54) is 6.08 Å². The summed E-state index contributed by atoms with van der Waals surface area (Å²) < 4.78 is 20.0. The third kappa shape index (κ3) is 4.82. The van der Waals surface area contributed by atoms with Crippen LogP contribution in [0.2, 0.25) is 0 Å². The third-order valence-electron chi connectivity index (χ3n) is 4.93. The molecule has 0 saturated carbocycles. The molecule has 0 fully saturated rings. The van der Waals surface area contributed by atoms with E-state index in [-0.39, 0.29) is 23.7 Å². The summed E-state index contributed by atoms with van der Waals surface area (Å²) in [6.07, 6.45) is 8.25. The molecule has 1 atom stereocenters. The molecule has 2 heterocycles. The van der Waals surface area contributed by atoms with Gasteiger partial charge in [0, 0.05) is 24.9 Å². The molecule has 1 aliphatic heterocycles. The van der Waals surface area contributed by atoms with Crippen LogP contribution in [-0.4, -0.2) is 42.1 Å². The van der Waals surface area contributed by atoms with Crippen LogP contribution in [0.15, 0.2) is 61.0 Å². The summed E-state index contributed by atoms with van der Waals surface area (Å²) >= 11 is 0. The highest BCUT2D eigenvalue weighted by molar-refractivity contribution is 5.88. The predicted octanol–water partition coefficient (Wildman–Crippen LogP) is 3.11. The van der Waals surface area contributed by atoms with Crippen molar-refractivity contribution >= 4 is 29.0 Å². The van der Waals surface area contributed by atoms with Crippen molar-refractivity contribution in [1.29, 1.82) is 0 Å². The number of carbonyl (C=O) groups excluding carboxylic acids is 1. The van der Waals surface area contributed by atoms with Crippen LogP contribution in [0.4, 0.5) is 27.5 Å². The average Bonchev–Trinajstić information content (AvgIpc) is 2.77. The second kappa shape index (κ2) is 8.86. The van der Waals surface area contributed by atoms with Crippen LogP contribution < -0.4 is 25.6 Å². The molecule has 0 bridgehead atoms. The number of halogens is 1. The van der Waals surface area contributed by atoms with E-state index in [0.29, 0.717) is 18.7 Å². The van der Waals surface area contributed by atoms with Gasteiger partial charge in [-0.05, 0) is 30.4 Å². The molecule has 2 aliphatic rings. The monoisotopic (exact) mass is 422 g/mol. The summed E-state index contributed by atoms with van der Waals surface area (Å²) in [5, 5.41) is 8.90. The van der Waals surface area contributed by atoms with Gasteiger partial charge in [0.05, 0.1) is 24.5 Å². The molecule has 160 valence electrons. The molecule has 0 saturated heterocycles. The fraction of sp³-hybridized carbons (Fsp3) is 0.227. The first-order valence-corrected chi connectivity index (χ1v) is 9.86. The maximum Gasteiger partial charge on any atom is 0.247 e. The summed E-state index contributed by atoms with van der Waals surface area (Å²) in [5.74, 6) is 0.295. The number of hydrogen-bond acceptors (Lipinski definition) is 7. The average molecular weight is 422 g/mol. The summed E-state index contributed by atoms with van der Waals surface area (Å²) in [5.41, 5.74) is 2.44. The Morgan fingerprint density at radius 2 is 2.29 bits per heavy atom. The van der Waals surface area contributed by atoms with Crippen LogP contribution in [0, 0.1) is 5.82 Å². The van der Waals surface area contributed by atoms with Crippen LogP contribution in [0.25, 0.3) is 0 Å². The first-order chi connectivity index (χ1) is 15.0. The largest absolute Gasteiger partial charge is 0.490 e. The Hall–Kier alpha value is -3.88. The van der Waals surface area contributed by atoms with Crippen molar-refractivity contribution in [2.45, 2.75) is 12.5 Å². The molecule has 1 unspecified atom stereocenters. The normalized spacial score (nSPS) is 17.2. The molecule has 0 spiro atoms. The van der Waals surface area contributed by atoms with Gasteiger partial charge in [0.25, 0.3) is 0 Å². The lowest BCUT2D eigenvalue weighted by Crippen LogP contribution is -2.28. The number of aromatic nitrogens is 2.